The first-order valence-electron chi connectivity index (χ1n) is 5.25. The van der Waals surface area contributed by atoms with Crippen LogP contribution in [0.25, 0.3) is 11.1 Å². The van der Waals surface area contributed by atoms with Gasteiger partial charge in [0.1, 0.15) is 5.82 Å². The zero-order valence-electron chi connectivity index (χ0n) is 8.86. The molecule has 2 aromatic rings. The SMILES string of the molecule is OCCc1cccc(-c2ccc(F)cc2)c1. The smallest absolute Gasteiger partial charge is 0.123 e. The predicted octanol–water partition coefficient (Wildman–Crippen LogP) is 3.03. The number of hydrogen-bond donors (Lipinski definition) is 1. The second-order valence-electron chi connectivity index (χ2n) is 3.68. The molecule has 82 valence electrons. The van der Waals surface area contributed by atoms with Crippen LogP contribution < -0.4 is 0 Å². The lowest BCUT2D eigenvalue weighted by atomic mass is 10.0. The van der Waals surface area contributed by atoms with Crippen molar-refractivity contribution in [2.24, 2.45) is 0 Å². The van der Waals surface area contributed by atoms with Crippen molar-refractivity contribution in [3.05, 3.63) is 59.9 Å². The third kappa shape index (κ3) is 2.47. The fraction of sp³-hybridized carbons (Fsp3) is 0.143. The second kappa shape index (κ2) is 4.90. The summed E-state index contributed by atoms with van der Waals surface area (Å²) in [6.45, 7) is 0.146. The van der Waals surface area contributed by atoms with Gasteiger partial charge in [-0.25, -0.2) is 4.39 Å². The van der Waals surface area contributed by atoms with Crippen LogP contribution in [0.3, 0.4) is 0 Å². The predicted molar refractivity (Wildman–Crippen MR) is 62.6 cm³/mol. The molecule has 0 heterocycles. The summed E-state index contributed by atoms with van der Waals surface area (Å²) in [5, 5.41) is 8.87. The lowest BCUT2D eigenvalue weighted by molar-refractivity contribution is 0.299. The molecule has 1 nitrogen and oxygen atoms in total. The number of aliphatic hydroxyl groups excluding tert-OH is 1. The van der Waals surface area contributed by atoms with E-state index < -0.39 is 0 Å². The largest absolute Gasteiger partial charge is 0.396 e. The molecule has 0 saturated carbocycles. The zero-order chi connectivity index (χ0) is 11.4. The minimum Gasteiger partial charge on any atom is -0.396 e. The van der Waals surface area contributed by atoms with E-state index in [1.165, 1.54) is 12.1 Å². The Balaban J connectivity index is 2.32. The number of aliphatic hydroxyl groups is 1. The zero-order valence-corrected chi connectivity index (χ0v) is 8.86. The third-order valence-electron chi connectivity index (χ3n) is 2.51. The van der Waals surface area contributed by atoms with E-state index in [1.807, 2.05) is 24.3 Å². The Kier molecular flexibility index (Phi) is 3.32. The van der Waals surface area contributed by atoms with Gasteiger partial charge in [0.25, 0.3) is 0 Å². The highest BCUT2D eigenvalue weighted by Crippen LogP contribution is 2.20. The van der Waals surface area contributed by atoms with E-state index in [9.17, 15) is 4.39 Å². The summed E-state index contributed by atoms with van der Waals surface area (Å²) < 4.78 is 12.8. The number of hydrogen-bond acceptors (Lipinski definition) is 1. The topological polar surface area (TPSA) is 20.2 Å². The van der Waals surface area contributed by atoms with Gasteiger partial charge in [0, 0.05) is 6.61 Å². The Labute approximate surface area is 94.2 Å². The molecule has 2 aromatic carbocycles. The molecule has 0 aliphatic carbocycles. The first kappa shape index (κ1) is 10.8. The van der Waals surface area contributed by atoms with E-state index in [-0.39, 0.29) is 12.4 Å². The fourth-order valence-corrected chi connectivity index (χ4v) is 1.68. The summed E-state index contributed by atoms with van der Waals surface area (Å²) in [4.78, 5) is 0. The summed E-state index contributed by atoms with van der Waals surface area (Å²) in [6.07, 6.45) is 0.648. The minimum absolute atomic E-state index is 0.146. The standard InChI is InChI=1S/C14H13FO/c15-14-6-4-12(5-7-14)13-3-1-2-11(10-13)8-9-16/h1-7,10,16H,8-9H2. The first-order valence-corrected chi connectivity index (χ1v) is 5.25. The molecule has 2 rings (SSSR count). The number of halogens is 1. The van der Waals surface area contributed by atoms with Gasteiger partial charge in [-0.3, -0.25) is 0 Å². The molecule has 1 N–H and O–H groups in total. The van der Waals surface area contributed by atoms with Gasteiger partial charge < -0.3 is 5.11 Å². The van der Waals surface area contributed by atoms with Crippen LogP contribution in [0.15, 0.2) is 48.5 Å². The average molecular weight is 216 g/mol. The highest BCUT2D eigenvalue weighted by atomic mass is 19.1. The fourth-order valence-electron chi connectivity index (χ4n) is 1.68. The Morgan fingerprint density at radius 2 is 1.69 bits per heavy atom. The summed E-state index contributed by atoms with van der Waals surface area (Å²) >= 11 is 0. The van der Waals surface area contributed by atoms with Gasteiger partial charge in [-0.05, 0) is 35.2 Å². The molecule has 0 bridgehead atoms. The van der Waals surface area contributed by atoms with Crippen molar-refractivity contribution in [1.29, 1.82) is 0 Å². The van der Waals surface area contributed by atoms with E-state index in [1.54, 1.807) is 12.1 Å². The van der Waals surface area contributed by atoms with E-state index in [2.05, 4.69) is 0 Å². The normalized spacial score (nSPS) is 10.4. The van der Waals surface area contributed by atoms with Crippen molar-refractivity contribution in [2.75, 3.05) is 6.61 Å². The first-order chi connectivity index (χ1) is 7.79. The van der Waals surface area contributed by atoms with Crippen molar-refractivity contribution >= 4 is 0 Å². The highest BCUT2D eigenvalue weighted by molar-refractivity contribution is 5.64. The van der Waals surface area contributed by atoms with Gasteiger partial charge in [0.15, 0.2) is 0 Å². The number of benzene rings is 2. The molecule has 2 heteroatoms. The van der Waals surface area contributed by atoms with Crippen LogP contribution in [-0.4, -0.2) is 11.7 Å². The van der Waals surface area contributed by atoms with Crippen molar-refractivity contribution in [1.82, 2.24) is 0 Å². The maximum absolute atomic E-state index is 12.8. The lowest BCUT2D eigenvalue weighted by Crippen LogP contribution is -1.90. The third-order valence-corrected chi connectivity index (χ3v) is 2.51. The average Bonchev–Trinajstić information content (AvgIpc) is 2.31. The molecule has 0 spiro atoms. The summed E-state index contributed by atoms with van der Waals surface area (Å²) in [6, 6.07) is 14.3. The number of rotatable bonds is 3. The minimum atomic E-state index is -0.227. The Morgan fingerprint density at radius 3 is 2.38 bits per heavy atom. The van der Waals surface area contributed by atoms with E-state index in [0.29, 0.717) is 6.42 Å². The van der Waals surface area contributed by atoms with E-state index in [4.69, 9.17) is 5.11 Å². The van der Waals surface area contributed by atoms with Crippen molar-refractivity contribution < 1.29 is 9.50 Å². The molecule has 0 atom stereocenters. The molecule has 0 aliphatic rings. The highest BCUT2D eigenvalue weighted by Gasteiger charge is 1.99. The van der Waals surface area contributed by atoms with Crippen LogP contribution in [0.4, 0.5) is 4.39 Å². The van der Waals surface area contributed by atoms with Crippen LogP contribution in [-0.2, 0) is 6.42 Å². The quantitative estimate of drug-likeness (QED) is 0.836. The van der Waals surface area contributed by atoms with Gasteiger partial charge in [0.05, 0.1) is 0 Å². The molecule has 0 unspecified atom stereocenters. The Bertz CT molecular complexity index is 462. The molecule has 0 saturated heterocycles. The van der Waals surface area contributed by atoms with Gasteiger partial charge >= 0.3 is 0 Å². The lowest BCUT2D eigenvalue weighted by Gasteiger charge is -2.04. The molecule has 0 aromatic heterocycles. The Hall–Kier alpha value is -1.67. The van der Waals surface area contributed by atoms with Crippen LogP contribution in [0, 0.1) is 5.82 Å². The summed E-state index contributed by atoms with van der Waals surface area (Å²) in [7, 11) is 0. The monoisotopic (exact) mass is 216 g/mol. The maximum atomic E-state index is 12.8. The van der Waals surface area contributed by atoms with E-state index >= 15 is 0 Å². The summed E-state index contributed by atoms with van der Waals surface area (Å²) in [5.74, 6) is -0.227. The van der Waals surface area contributed by atoms with E-state index in [0.717, 1.165) is 16.7 Å². The van der Waals surface area contributed by atoms with Crippen LogP contribution in [0.5, 0.6) is 0 Å². The molecular formula is C14H13FO. The Morgan fingerprint density at radius 1 is 0.938 bits per heavy atom. The van der Waals surface area contributed by atoms with Gasteiger partial charge in [-0.1, -0.05) is 36.4 Å². The molecule has 0 amide bonds. The van der Waals surface area contributed by atoms with Crippen molar-refractivity contribution in [3.63, 3.8) is 0 Å². The van der Waals surface area contributed by atoms with Crippen molar-refractivity contribution in [2.45, 2.75) is 6.42 Å². The molecule has 0 aliphatic heterocycles. The van der Waals surface area contributed by atoms with Crippen LogP contribution in [0.1, 0.15) is 5.56 Å². The van der Waals surface area contributed by atoms with Crippen LogP contribution >= 0.6 is 0 Å². The summed E-state index contributed by atoms with van der Waals surface area (Å²) in [5.41, 5.74) is 3.12. The molecule has 16 heavy (non-hydrogen) atoms. The van der Waals surface area contributed by atoms with Gasteiger partial charge in [-0.15, -0.1) is 0 Å². The molecule has 0 fully saturated rings. The van der Waals surface area contributed by atoms with Crippen molar-refractivity contribution in [3.8, 4) is 11.1 Å². The molecular weight excluding hydrogens is 203 g/mol. The maximum Gasteiger partial charge on any atom is 0.123 e. The second-order valence-corrected chi connectivity index (χ2v) is 3.68. The van der Waals surface area contributed by atoms with Crippen LogP contribution in [0.2, 0.25) is 0 Å². The molecule has 0 radical (unpaired) electrons. The van der Waals surface area contributed by atoms with Gasteiger partial charge in [0.2, 0.25) is 0 Å². The van der Waals surface area contributed by atoms with Gasteiger partial charge in [-0.2, -0.15) is 0 Å².